The summed E-state index contributed by atoms with van der Waals surface area (Å²) in [5.74, 6) is 2.82. The Balaban J connectivity index is 4.04. The standard InChI is InChI=1S/C9H18Si/c1-5-9-10(6-2,7-3)8-4/h1H,6-9H2,2-4H3. The molecule has 0 nitrogen and oxygen atoms in total. The lowest BCUT2D eigenvalue weighted by atomic mass is 10.8. The van der Waals surface area contributed by atoms with Gasteiger partial charge in [0, 0.05) is 6.04 Å². The molecule has 0 fully saturated rings. The van der Waals surface area contributed by atoms with Crippen LogP contribution in [-0.4, -0.2) is 8.07 Å². The first-order valence-corrected chi connectivity index (χ1v) is 7.01. The van der Waals surface area contributed by atoms with Gasteiger partial charge in [0.1, 0.15) is 0 Å². The minimum Gasteiger partial charge on any atom is -0.120 e. The smallest absolute Gasteiger partial charge is 0.0656 e. The zero-order valence-electron chi connectivity index (χ0n) is 7.41. The highest BCUT2D eigenvalue weighted by Gasteiger charge is 2.24. The lowest BCUT2D eigenvalue weighted by molar-refractivity contribution is 1.15. The maximum Gasteiger partial charge on any atom is 0.0656 e. The van der Waals surface area contributed by atoms with Crippen LogP contribution in [0.2, 0.25) is 24.2 Å². The molecule has 0 unspecified atom stereocenters. The molecule has 0 atom stereocenters. The van der Waals surface area contributed by atoms with Crippen LogP contribution in [0, 0.1) is 12.3 Å². The van der Waals surface area contributed by atoms with E-state index in [1.165, 1.54) is 18.1 Å². The Morgan fingerprint density at radius 2 is 1.50 bits per heavy atom. The highest BCUT2D eigenvalue weighted by Crippen LogP contribution is 2.23. The first kappa shape index (κ1) is 9.78. The van der Waals surface area contributed by atoms with E-state index in [1.54, 1.807) is 0 Å². The molecule has 0 radical (unpaired) electrons. The maximum atomic E-state index is 5.33. The van der Waals surface area contributed by atoms with Gasteiger partial charge in [-0.2, -0.15) is 0 Å². The molecule has 0 rings (SSSR count). The van der Waals surface area contributed by atoms with Crippen molar-refractivity contribution in [1.29, 1.82) is 0 Å². The Morgan fingerprint density at radius 1 is 1.10 bits per heavy atom. The minimum absolute atomic E-state index is 0.954. The Kier molecular flexibility index (Phi) is 4.47. The molecule has 0 aromatic carbocycles. The van der Waals surface area contributed by atoms with E-state index < -0.39 is 8.07 Å². The average Bonchev–Trinajstić information content (AvgIpc) is 2.01. The summed E-state index contributed by atoms with van der Waals surface area (Å²) in [6, 6.07) is 5.13. The van der Waals surface area contributed by atoms with Crippen molar-refractivity contribution in [2.45, 2.75) is 44.9 Å². The fourth-order valence-electron chi connectivity index (χ4n) is 1.34. The van der Waals surface area contributed by atoms with Crippen molar-refractivity contribution < 1.29 is 0 Å². The number of terminal acetylenes is 1. The van der Waals surface area contributed by atoms with E-state index in [4.69, 9.17) is 6.42 Å². The van der Waals surface area contributed by atoms with Gasteiger partial charge >= 0.3 is 0 Å². The van der Waals surface area contributed by atoms with Gasteiger partial charge in [-0.3, -0.25) is 0 Å². The second-order valence-corrected chi connectivity index (χ2v) is 8.42. The molecule has 0 heterocycles. The third-order valence-corrected chi connectivity index (χ3v) is 8.18. The summed E-state index contributed by atoms with van der Waals surface area (Å²) in [6.07, 6.45) is 5.33. The lowest BCUT2D eigenvalue weighted by Gasteiger charge is -2.24. The van der Waals surface area contributed by atoms with Crippen LogP contribution in [0.1, 0.15) is 20.8 Å². The lowest BCUT2D eigenvalue weighted by Crippen LogP contribution is -2.30. The summed E-state index contributed by atoms with van der Waals surface area (Å²) in [5.41, 5.74) is 0. The van der Waals surface area contributed by atoms with Gasteiger partial charge in [-0.1, -0.05) is 38.9 Å². The Morgan fingerprint density at radius 3 is 1.60 bits per heavy atom. The molecule has 0 aromatic heterocycles. The van der Waals surface area contributed by atoms with Gasteiger partial charge in [-0.05, 0) is 0 Å². The predicted molar refractivity (Wildman–Crippen MR) is 50.8 cm³/mol. The molecule has 0 aliphatic rings. The van der Waals surface area contributed by atoms with E-state index >= 15 is 0 Å². The molecule has 0 aliphatic heterocycles. The molecule has 0 bridgehead atoms. The molecule has 10 heavy (non-hydrogen) atoms. The van der Waals surface area contributed by atoms with Crippen molar-refractivity contribution in [3.8, 4) is 12.3 Å². The van der Waals surface area contributed by atoms with Crippen molar-refractivity contribution in [2.75, 3.05) is 0 Å². The van der Waals surface area contributed by atoms with E-state index in [1.807, 2.05) is 0 Å². The van der Waals surface area contributed by atoms with Crippen LogP contribution in [0.4, 0.5) is 0 Å². The monoisotopic (exact) mass is 154 g/mol. The van der Waals surface area contributed by atoms with E-state index in [2.05, 4.69) is 26.7 Å². The Labute approximate surface area is 66.0 Å². The van der Waals surface area contributed by atoms with Crippen LogP contribution in [-0.2, 0) is 0 Å². The van der Waals surface area contributed by atoms with Gasteiger partial charge < -0.3 is 0 Å². The quantitative estimate of drug-likeness (QED) is 0.431. The van der Waals surface area contributed by atoms with Gasteiger partial charge in [0.2, 0.25) is 0 Å². The SMILES string of the molecule is C#CC[Si](CC)(CC)CC. The molecule has 0 aliphatic carbocycles. The van der Waals surface area contributed by atoms with E-state index in [-0.39, 0.29) is 0 Å². The zero-order chi connectivity index (χ0) is 8.04. The highest BCUT2D eigenvalue weighted by molar-refractivity contribution is 6.80. The van der Waals surface area contributed by atoms with Crippen LogP contribution in [0.3, 0.4) is 0 Å². The normalized spacial score (nSPS) is 11.0. The first-order valence-electron chi connectivity index (χ1n) is 4.18. The minimum atomic E-state index is -0.954. The fraction of sp³-hybridized carbons (Fsp3) is 0.778. The zero-order valence-corrected chi connectivity index (χ0v) is 8.41. The van der Waals surface area contributed by atoms with Crippen molar-refractivity contribution in [2.24, 2.45) is 0 Å². The molecule has 0 N–H and O–H groups in total. The molecule has 0 spiro atoms. The number of hydrogen-bond donors (Lipinski definition) is 0. The van der Waals surface area contributed by atoms with Gasteiger partial charge in [0.05, 0.1) is 8.07 Å². The van der Waals surface area contributed by atoms with Crippen LogP contribution in [0.5, 0.6) is 0 Å². The topological polar surface area (TPSA) is 0 Å². The average molecular weight is 154 g/mol. The van der Waals surface area contributed by atoms with Crippen molar-refractivity contribution in [3.05, 3.63) is 0 Å². The second-order valence-electron chi connectivity index (χ2n) is 2.94. The maximum absolute atomic E-state index is 5.33. The summed E-state index contributed by atoms with van der Waals surface area (Å²) in [6.45, 7) is 6.86. The summed E-state index contributed by atoms with van der Waals surface area (Å²) >= 11 is 0. The predicted octanol–water partition coefficient (Wildman–Crippen LogP) is 3.13. The summed E-state index contributed by atoms with van der Waals surface area (Å²) in [5, 5.41) is 0. The van der Waals surface area contributed by atoms with Gasteiger partial charge in [0.25, 0.3) is 0 Å². The third-order valence-electron chi connectivity index (χ3n) is 2.73. The van der Waals surface area contributed by atoms with Crippen molar-refractivity contribution >= 4 is 8.07 Å². The van der Waals surface area contributed by atoms with E-state index in [9.17, 15) is 0 Å². The molecular weight excluding hydrogens is 136 g/mol. The molecular formula is C9H18Si. The van der Waals surface area contributed by atoms with Gasteiger partial charge in [-0.25, -0.2) is 0 Å². The molecule has 58 valence electrons. The van der Waals surface area contributed by atoms with Crippen molar-refractivity contribution in [3.63, 3.8) is 0 Å². The van der Waals surface area contributed by atoms with Crippen LogP contribution in [0.25, 0.3) is 0 Å². The second kappa shape index (κ2) is 4.57. The fourth-order valence-corrected chi connectivity index (χ4v) is 4.02. The van der Waals surface area contributed by atoms with Crippen LogP contribution in [0.15, 0.2) is 0 Å². The summed E-state index contributed by atoms with van der Waals surface area (Å²) in [7, 11) is -0.954. The molecule has 0 saturated heterocycles. The summed E-state index contributed by atoms with van der Waals surface area (Å²) < 4.78 is 0. The summed E-state index contributed by atoms with van der Waals surface area (Å²) in [4.78, 5) is 0. The molecule has 0 aromatic rings. The largest absolute Gasteiger partial charge is 0.120 e. The third kappa shape index (κ3) is 2.19. The van der Waals surface area contributed by atoms with Crippen LogP contribution >= 0.6 is 0 Å². The molecule has 1 heteroatoms. The highest BCUT2D eigenvalue weighted by atomic mass is 28.3. The van der Waals surface area contributed by atoms with Gasteiger partial charge in [0.15, 0.2) is 0 Å². The van der Waals surface area contributed by atoms with Crippen LogP contribution < -0.4 is 0 Å². The van der Waals surface area contributed by atoms with Gasteiger partial charge in [-0.15, -0.1) is 12.3 Å². The number of hydrogen-bond acceptors (Lipinski definition) is 0. The Bertz CT molecular complexity index is 109. The van der Waals surface area contributed by atoms with E-state index in [0.717, 1.165) is 6.04 Å². The number of rotatable bonds is 4. The molecule has 0 saturated carbocycles. The first-order chi connectivity index (χ1) is 4.74. The van der Waals surface area contributed by atoms with Crippen molar-refractivity contribution in [1.82, 2.24) is 0 Å². The molecule has 0 amide bonds. The van der Waals surface area contributed by atoms with E-state index in [0.29, 0.717) is 0 Å². The Hall–Kier alpha value is -0.223.